The van der Waals surface area contributed by atoms with Gasteiger partial charge in [-0.1, -0.05) is 18.2 Å². The van der Waals surface area contributed by atoms with E-state index >= 15 is 0 Å². The van der Waals surface area contributed by atoms with Crippen LogP contribution in [0.5, 0.6) is 0 Å². The molecular weight excluding hydrogens is 923 g/mol. The molecule has 5 N–H and O–H groups in total. The molecule has 11 rings (SSSR count). The third-order valence-corrected chi connectivity index (χ3v) is 14.0. The molecule has 2 saturated heterocycles. The van der Waals surface area contributed by atoms with Gasteiger partial charge in [-0.25, -0.2) is 34.6 Å². The molecule has 7 aromatic rings. The van der Waals surface area contributed by atoms with Crippen molar-refractivity contribution in [1.29, 1.82) is 0 Å². The Balaban J connectivity index is 0.603. The number of nitrogens with two attached hydrogens (primary N) is 2. The minimum atomic E-state index is -0.499. The summed E-state index contributed by atoms with van der Waals surface area (Å²) < 4.78 is 13.2. The first-order chi connectivity index (χ1) is 35.1. The lowest BCUT2D eigenvalue weighted by atomic mass is 9.97. The number of benzene rings is 2. The van der Waals surface area contributed by atoms with Crippen LogP contribution < -0.4 is 21.3 Å². The molecule has 3 amide bonds. The highest BCUT2D eigenvalue weighted by atomic mass is 16.5. The number of aromatic nitrogens is 9. The standard InChI is InChI=1S/C49H55N17O6/c50-44-42-43(33-3-4-39-38(22-33)57-47(51)72-39)59-66(45(42)56-30-55-44)26-31-1-2-34-27-65(8-5-32(34)21-31)46(70)35-23-52-48(53-24-35)62-12-10-60(11-13-62)18-20-71-19-7-40(68)61-14-16-63(17-15-61)49-54-25-36-28-64(41(69)29-67)9-6-37(36)58-49/h1-4,21-25,30,67H,5-20,26-29H2,(H2,51,57)(H2,50,55,56). The topological polar surface area (TPSA) is 273 Å². The molecule has 0 spiro atoms. The number of hydrogen-bond acceptors (Lipinski definition) is 19. The number of ether oxygens (including phenoxy) is 1. The highest BCUT2D eigenvalue weighted by molar-refractivity contribution is 5.99. The molecule has 23 heteroatoms. The summed E-state index contributed by atoms with van der Waals surface area (Å²) in [5, 5.41) is 14.8. The number of piperazine rings is 2. The van der Waals surface area contributed by atoms with E-state index in [0.717, 1.165) is 60.7 Å². The van der Waals surface area contributed by atoms with E-state index in [0.29, 0.717) is 142 Å². The molecule has 23 nitrogen and oxygen atoms in total. The normalized spacial score (nSPS) is 16.4. The summed E-state index contributed by atoms with van der Waals surface area (Å²) in [6.45, 7) is 9.21. The predicted molar refractivity (Wildman–Crippen MR) is 264 cm³/mol. The van der Waals surface area contributed by atoms with Crippen LogP contribution in [-0.4, -0.2) is 179 Å². The predicted octanol–water partition coefficient (Wildman–Crippen LogP) is 1.38. The van der Waals surface area contributed by atoms with E-state index in [-0.39, 0.29) is 23.7 Å². The third-order valence-electron chi connectivity index (χ3n) is 14.0. The van der Waals surface area contributed by atoms with Gasteiger partial charge in [-0.15, -0.1) is 0 Å². The van der Waals surface area contributed by atoms with Gasteiger partial charge >= 0.3 is 0 Å². The zero-order valence-corrected chi connectivity index (χ0v) is 39.8. The van der Waals surface area contributed by atoms with Crippen molar-refractivity contribution in [2.75, 3.05) is 113 Å². The molecule has 5 aromatic heterocycles. The van der Waals surface area contributed by atoms with Gasteiger partial charge in [0, 0.05) is 121 Å². The van der Waals surface area contributed by atoms with Crippen molar-refractivity contribution in [3.05, 3.63) is 94.8 Å². The first-order valence-corrected chi connectivity index (χ1v) is 24.3. The number of aliphatic hydroxyl groups excluding tert-OH is 1. The zero-order valence-electron chi connectivity index (χ0n) is 39.8. The lowest BCUT2D eigenvalue weighted by Gasteiger charge is -2.35. The number of nitrogen functional groups attached to an aromatic ring is 2. The molecule has 0 atom stereocenters. The van der Waals surface area contributed by atoms with Crippen LogP contribution in [-0.2, 0) is 46.8 Å². The van der Waals surface area contributed by atoms with Gasteiger partial charge in [0.15, 0.2) is 11.2 Å². The van der Waals surface area contributed by atoms with Gasteiger partial charge in [-0.05, 0) is 41.3 Å². The van der Waals surface area contributed by atoms with Crippen molar-refractivity contribution in [2.24, 2.45) is 0 Å². The average molecular weight is 978 g/mol. The Morgan fingerprint density at radius 2 is 1.47 bits per heavy atom. The lowest BCUT2D eigenvalue weighted by Crippen LogP contribution is -2.49. The number of oxazole rings is 1. The van der Waals surface area contributed by atoms with Gasteiger partial charge in [0.05, 0.1) is 42.8 Å². The van der Waals surface area contributed by atoms with Gasteiger partial charge < -0.3 is 50.2 Å². The van der Waals surface area contributed by atoms with E-state index in [1.54, 1.807) is 29.6 Å². The van der Waals surface area contributed by atoms with E-state index in [1.807, 2.05) is 26.6 Å². The Kier molecular flexibility index (Phi) is 13.0. The molecule has 4 aliphatic heterocycles. The summed E-state index contributed by atoms with van der Waals surface area (Å²) >= 11 is 0. The number of carbonyl (C=O) groups excluding carboxylic acids is 3. The lowest BCUT2D eigenvalue weighted by molar-refractivity contribution is -0.135. The summed E-state index contributed by atoms with van der Waals surface area (Å²) in [7, 11) is 0. The van der Waals surface area contributed by atoms with Crippen molar-refractivity contribution >= 4 is 63.6 Å². The van der Waals surface area contributed by atoms with Crippen molar-refractivity contribution in [3.63, 3.8) is 0 Å². The summed E-state index contributed by atoms with van der Waals surface area (Å²) in [5.74, 6) is 1.26. The summed E-state index contributed by atoms with van der Waals surface area (Å²) in [6, 6.07) is 12.0. The van der Waals surface area contributed by atoms with E-state index in [4.69, 9.17) is 30.7 Å². The molecule has 372 valence electrons. The van der Waals surface area contributed by atoms with Crippen LogP contribution in [0.1, 0.15) is 44.7 Å². The van der Waals surface area contributed by atoms with Gasteiger partial charge in [-0.2, -0.15) is 10.1 Å². The Labute approximate surface area is 413 Å². The Morgan fingerprint density at radius 1 is 0.708 bits per heavy atom. The smallest absolute Gasteiger partial charge is 0.292 e. The molecule has 2 fully saturated rings. The number of hydrogen-bond donors (Lipinski definition) is 3. The van der Waals surface area contributed by atoms with Gasteiger partial charge in [0.2, 0.25) is 23.7 Å². The zero-order chi connectivity index (χ0) is 49.3. The maximum atomic E-state index is 13.7. The molecule has 0 unspecified atom stereocenters. The second-order valence-corrected chi connectivity index (χ2v) is 18.5. The number of fused-ring (bicyclic) bond motifs is 4. The maximum absolute atomic E-state index is 13.7. The average Bonchev–Trinajstić information content (AvgIpc) is 3.99. The van der Waals surface area contributed by atoms with Crippen molar-refractivity contribution < 1.29 is 28.6 Å². The van der Waals surface area contributed by atoms with E-state index in [1.165, 1.54) is 11.9 Å². The number of anilines is 4. The fourth-order valence-electron chi connectivity index (χ4n) is 9.98. The number of rotatable bonds is 13. The molecule has 72 heavy (non-hydrogen) atoms. The molecule has 4 aliphatic rings. The highest BCUT2D eigenvalue weighted by Crippen LogP contribution is 2.33. The van der Waals surface area contributed by atoms with Crippen LogP contribution in [0.4, 0.5) is 23.7 Å². The maximum Gasteiger partial charge on any atom is 0.292 e. The molecule has 0 aliphatic carbocycles. The summed E-state index contributed by atoms with van der Waals surface area (Å²) in [6.07, 6.45) is 8.13. The van der Waals surface area contributed by atoms with Crippen LogP contribution in [0.15, 0.2) is 65.7 Å². The van der Waals surface area contributed by atoms with E-state index in [9.17, 15) is 19.5 Å². The Hall–Kier alpha value is -7.89. The first-order valence-electron chi connectivity index (χ1n) is 24.3. The largest absolute Gasteiger partial charge is 0.424 e. The minimum absolute atomic E-state index is 0.0778. The first kappa shape index (κ1) is 46.5. The Morgan fingerprint density at radius 3 is 2.29 bits per heavy atom. The van der Waals surface area contributed by atoms with Gasteiger partial charge in [-0.3, -0.25) is 19.3 Å². The van der Waals surface area contributed by atoms with Gasteiger partial charge in [0.25, 0.3) is 11.9 Å². The monoisotopic (exact) mass is 977 g/mol. The fraction of sp³-hybridized carbons (Fsp3) is 0.408. The molecule has 0 radical (unpaired) electrons. The summed E-state index contributed by atoms with van der Waals surface area (Å²) in [5.41, 5.74) is 21.0. The molecule has 0 bridgehead atoms. The van der Waals surface area contributed by atoms with Crippen molar-refractivity contribution in [2.45, 2.75) is 38.9 Å². The van der Waals surface area contributed by atoms with Gasteiger partial charge in [0.1, 0.15) is 30.0 Å². The number of amides is 3. The second-order valence-electron chi connectivity index (χ2n) is 18.5. The number of nitrogens with zero attached hydrogens (tertiary/aromatic N) is 15. The SMILES string of the molecule is Nc1nc2cc(-c3nn(Cc4ccc5c(c4)CCN(C(=O)c4cnc(N6CCN(CCOCCC(=O)N7CCN(c8ncc9c(n8)CCN(C(=O)CO)C9)CC7)CC6)nc4)C5)c4ncnc(N)c34)ccc2o1. The van der Waals surface area contributed by atoms with Crippen LogP contribution in [0.25, 0.3) is 33.4 Å². The number of carbonyl (C=O) groups is 3. The van der Waals surface area contributed by atoms with Crippen molar-refractivity contribution in [1.82, 2.24) is 64.3 Å². The van der Waals surface area contributed by atoms with Crippen LogP contribution in [0.2, 0.25) is 0 Å². The van der Waals surface area contributed by atoms with E-state index in [2.05, 4.69) is 62.8 Å². The second kappa shape index (κ2) is 20.1. The third kappa shape index (κ3) is 9.64. The highest BCUT2D eigenvalue weighted by Gasteiger charge is 2.28. The van der Waals surface area contributed by atoms with Crippen LogP contribution >= 0.6 is 0 Å². The van der Waals surface area contributed by atoms with Crippen molar-refractivity contribution in [3.8, 4) is 11.3 Å². The van der Waals surface area contributed by atoms with Crippen LogP contribution in [0, 0.1) is 0 Å². The fourth-order valence-corrected chi connectivity index (χ4v) is 9.98. The van der Waals surface area contributed by atoms with E-state index < -0.39 is 6.61 Å². The summed E-state index contributed by atoms with van der Waals surface area (Å²) in [4.78, 5) is 82.1. The Bertz CT molecular complexity index is 3150. The molecule has 9 heterocycles. The molecule has 0 saturated carbocycles. The minimum Gasteiger partial charge on any atom is -0.424 e. The quantitative estimate of drug-likeness (QED) is 0.138. The van der Waals surface area contributed by atoms with Crippen LogP contribution in [0.3, 0.4) is 0 Å². The molecular formula is C49H55N17O6. The number of aliphatic hydroxyl groups is 1. The molecule has 2 aromatic carbocycles.